The average Bonchev–Trinajstić information content (AvgIpc) is 2.91. The quantitative estimate of drug-likeness (QED) is 0.332. The second-order valence-electron chi connectivity index (χ2n) is 9.35. The molecule has 1 amide bonds. The Hall–Kier alpha value is -3.36. The van der Waals surface area contributed by atoms with E-state index in [-0.39, 0.29) is 23.5 Å². The van der Waals surface area contributed by atoms with E-state index in [0.29, 0.717) is 48.2 Å². The molecule has 0 N–H and O–H groups in total. The second kappa shape index (κ2) is 9.19. The lowest BCUT2D eigenvalue weighted by molar-refractivity contribution is -0.126. The molecule has 1 saturated heterocycles. The fraction of sp³-hybridized carbons (Fsp3) is 0.250. The summed E-state index contributed by atoms with van der Waals surface area (Å²) in [6, 6.07) is 12.4. The molecule has 0 bridgehead atoms. The second-order valence-corrected chi connectivity index (χ2v) is 10.9. The summed E-state index contributed by atoms with van der Waals surface area (Å²) >= 11 is 8.66. The van der Waals surface area contributed by atoms with Crippen LogP contribution in [0.2, 0.25) is 5.02 Å². The number of rotatable bonds is 3. The molecule has 3 heterocycles. The van der Waals surface area contributed by atoms with Crippen LogP contribution in [-0.2, 0) is 11.3 Å². The van der Waals surface area contributed by atoms with E-state index in [9.17, 15) is 14.0 Å². The van der Waals surface area contributed by atoms with Gasteiger partial charge < -0.3 is 9.80 Å². The van der Waals surface area contributed by atoms with E-state index in [0.717, 1.165) is 32.3 Å². The number of piperazine rings is 1. The minimum absolute atomic E-state index is 0.0536. The lowest BCUT2D eigenvalue weighted by atomic mass is 9.96. The van der Waals surface area contributed by atoms with Crippen LogP contribution in [0.3, 0.4) is 0 Å². The molecule has 1 fully saturated rings. The van der Waals surface area contributed by atoms with E-state index in [4.69, 9.17) is 11.6 Å². The van der Waals surface area contributed by atoms with Crippen LogP contribution in [0.15, 0.2) is 64.8 Å². The summed E-state index contributed by atoms with van der Waals surface area (Å²) in [4.78, 5) is 34.7. The van der Waals surface area contributed by atoms with Crippen molar-refractivity contribution in [2.45, 2.75) is 24.4 Å². The van der Waals surface area contributed by atoms with Gasteiger partial charge in [0.2, 0.25) is 5.91 Å². The number of aromatic nitrogens is 2. The Morgan fingerprint density at radius 2 is 1.95 bits per heavy atom. The molecule has 0 radical (unpaired) electrons. The van der Waals surface area contributed by atoms with Crippen LogP contribution >= 0.6 is 23.4 Å². The van der Waals surface area contributed by atoms with Gasteiger partial charge in [-0.15, -0.1) is 11.8 Å². The predicted molar refractivity (Wildman–Crippen MR) is 148 cm³/mol. The Labute approximate surface area is 222 Å². The average molecular weight is 535 g/mol. The molecular weight excluding hydrogens is 511 g/mol. The van der Waals surface area contributed by atoms with Crippen LogP contribution in [0.4, 0.5) is 10.2 Å². The van der Waals surface area contributed by atoms with Crippen LogP contribution < -0.4 is 10.6 Å². The molecule has 3 aromatic carbocycles. The number of benzene rings is 3. The maximum absolute atomic E-state index is 14.6. The van der Waals surface area contributed by atoms with Gasteiger partial charge in [0.15, 0.2) is 0 Å². The normalized spacial score (nSPS) is 17.4. The van der Waals surface area contributed by atoms with Crippen molar-refractivity contribution in [3.05, 3.63) is 76.4 Å². The number of amides is 1. The maximum Gasteiger partial charge on any atom is 0.350 e. The Kier molecular flexibility index (Phi) is 5.96. The molecular formula is C28H24ClFN4O2S. The Morgan fingerprint density at radius 1 is 1.16 bits per heavy atom. The van der Waals surface area contributed by atoms with Crippen LogP contribution in [0.5, 0.6) is 0 Å². The summed E-state index contributed by atoms with van der Waals surface area (Å²) in [7, 11) is 0. The highest BCUT2D eigenvalue weighted by atomic mass is 35.5. The molecule has 2 aliphatic rings. The molecule has 0 aliphatic carbocycles. The van der Waals surface area contributed by atoms with Crippen molar-refractivity contribution in [3.63, 3.8) is 0 Å². The van der Waals surface area contributed by atoms with Crippen molar-refractivity contribution in [1.82, 2.24) is 14.5 Å². The molecule has 1 aromatic heterocycles. The lowest BCUT2D eigenvalue weighted by Crippen LogP contribution is -2.54. The molecule has 6 nitrogen and oxygen atoms in total. The monoisotopic (exact) mass is 534 g/mol. The van der Waals surface area contributed by atoms with Gasteiger partial charge >= 0.3 is 5.69 Å². The first-order valence-electron chi connectivity index (χ1n) is 12.1. The van der Waals surface area contributed by atoms with E-state index in [2.05, 4.69) is 16.5 Å². The summed E-state index contributed by atoms with van der Waals surface area (Å²) < 4.78 is 16.3. The standard InChI is InChI=1S/C28H24ClFN4O2S/c1-3-23(35)32-10-11-33(16(2)15-32)27-20-14-21(29)24(26-25(20)34(12-13-37-26)28(36)31-27)19-8-9-22(30)18-7-5-4-6-17(18)19/h3-9,14,16H,1,10-13,15H2,2H3/t16-/m0/s1. The lowest BCUT2D eigenvalue weighted by Gasteiger charge is -2.40. The van der Waals surface area contributed by atoms with Gasteiger partial charge in [-0.3, -0.25) is 9.36 Å². The smallest absolute Gasteiger partial charge is 0.350 e. The van der Waals surface area contributed by atoms with Gasteiger partial charge in [0, 0.05) is 59.2 Å². The molecule has 0 unspecified atom stereocenters. The first kappa shape index (κ1) is 24.0. The topological polar surface area (TPSA) is 58.4 Å². The minimum atomic E-state index is -0.307. The first-order valence-corrected chi connectivity index (χ1v) is 13.5. The Morgan fingerprint density at radius 3 is 2.70 bits per heavy atom. The van der Waals surface area contributed by atoms with Crippen molar-refractivity contribution in [3.8, 4) is 11.1 Å². The van der Waals surface area contributed by atoms with Crippen molar-refractivity contribution >= 4 is 56.8 Å². The molecule has 6 rings (SSSR count). The Bertz CT molecular complexity index is 1670. The summed E-state index contributed by atoms with van der Waals surface area (Å²) in [5.74, 6) is 0.889. The number of hydrogen-bond donors (Lipinski definition) is 0. The van der Waals surface area contributed by atoms with Crippen molar-refractivity contribution in [1.29, 1.82) is 0 Å². The number of hydrogen-bond acceptors (Lipinski definition) is 5. The van der Waals surface area contributed by atoms with Crippen molar-refractivity contribution in [2.75, 3.05) is 30.3 Å². The largest absolute Gasteiger partial charge is 0.350 e. The summed E-state index contributed by atoms with van der Waals surface area (Å²) in [6.45, 7) is 7.71. The zero-order chi connectivity index (χ0) is 25.8. The van der Waals surface area contributed by atoms with Gasteiger partial charge in [-0.2, -0.15) is 4.98 Å². The number of aryl methyl sites for hydroxylation is 1. The van der Waals surface area contributed by atoms with E-state index in [1.54, 1.807) is 33.4 Å². The summed E-state index contributed by atoms with van der Waals surface area (Å²) in [6.07, 6.45) is 1.33. The fourth-order valence-electron chi connectivity index (χ4n) is 5.50. The van der Waals surface area contributed by atoms with Gasteiger partial charge in [0.05, 0.1) is 10.5 Å². The summed E-state index contributed by atoms with van der Waals surface area (Å²) in [5.41, 5.74) is 2.12. The zero-order valence-corrected chi connectivity index (χ0v) is 21.8. The van der Waals surface area contributed by atoms with Gasteiger partial charge in [-0.25, -0.2) is 9.18 Å². The zero-order valence-electron chi connectivity index (χ0n) is 20.2. The van der Waals surface area contributed by atoms with Crippen molar-refractivity contribution in [2.24, 2.45) is 0 Å². The number of nitrogens with zero attached hydrogens (tertiary/aromatic N) is 4. The highest BCUT2D eigenvalue weighted by molar-refractivity contribution is 7.99. The molecule has 4 aromatic rings. The molecule has 9 heteroatoms. The molecule has 188 valence electrons. The third-order valence-electron chi connectivity index (χ3n) is 7.24. The van der Waals surface area contributed by atoms with Crippen molar-refractivity contribution < 1.29 is 9.18 Å². The van der Waals surface area contributed by atoms with Crippen LogP contribution in [-0.4, -0.2) is 51.8 Å². The molecule has 0 spiro atoms. The van der Waals surface area contributed by atoms with Crippen LogP contribution in [0.1, 0.15) is 6.92 Å². The highest BCUT2D eigenvalue weighted by Crippen LogP contribution is 2.47. The van der Waals surface area contributed by atoms with E-state index in [1.807, 2.05) is 31.2 Å². The molecule has 2 aliphatic heterocycles. The number of carbonyl (C=O) groups is 1. The fourth-order valence-corrected chi connectivity index (χ4v) is 7.06. The van der Waals surface area contributed by atoms with E-state index < -0.39 is 0 Å². The van der Waals surface area contributed by atoms with E-state index in [1.165, 1.54) is 12.1 Å². The van der Waals surface area contributed by atoms with E-state index >= 15 is 0 Å². The number of fused-ring (bicyclic) bond motifs is 1. The maximum atomic E-state index is 14.6. The third kappa shape index (κ3) is 3.81. The number of thioether (sulfide) groups is 1. The summed E-state index contributed by atoms with van der Waals surface area (Å²) in [5, 5.41) is 2.62. The third-order valence-corrected chi connectivity index (χ3v) is 8.61. The molecule has 1 atom stereocenters. The number of carbonyl (C=O) groups excluding carboxylic acids is 1. The first-order chi connectivity index (χ1) is 17.9. The Balaban J connectivity index is 1.58. The highest BCUT2D eigenvalue weighted by Gasteiger charge is 2.31. The number of halogens is 2. The predicted octanol–water partition coefficient (Wildman–Crippen LogP) is 5.34. The minimum Gasteiger partial charge on any atom is -0.350 e. The number of anilines is 1. The van der Waals surface area contributed by atoms with Gasteiger partial charge in [-0.1, -0.05) is 48.5 Å². The van der Waals surface area contributed by atoms with Gasteiger partial charge in [0.25, 0.3) is 0 Å². The molecule has 0 saturated carbocycles. The van der Waals surface area contributed by atoms with Crippen LogP contribution in [0, 0.1) is 5.82 Å². The van der Waals surface area contributed by atoms with Gasteiger partial charge in [-0.05, 0) is 36.1 Å². The van der Waals surface area contributed by atoms with Gasteiger partial charge in [0.1, 0.15) is 11.6 Å². The van der Waals surface area contributed by atoms with Crippen LogP contribution in [0.25, 0.3) is 32.8 Å². The SMILES string of the molecule is C=CC(=O)N1CCN(c2nc(=O)n3c4c(c(-c5ccc(F)c6ccccc56)c(Cl)cc24)SCC3)[C@@H](C)C1. The molecule has 37 heavy (non-hydrogen) atoms.